The minimum Gasteiger partial charge on any atom is -0.479 e. The van der Waals surface area contributed by atoms with E-state index in [-0.39, 0.29) is 11.3 Å². The van der Waals surface area contributed by atoms with Crippen LogP contribution in [0.15, 0.2) is 0 Å². The van der Waals surface area contributed by atoms with Crippen molar-refractivity contribution >= 4 is 11.9 Å². The summed E-state index contributed by atoms with van der Waals surface area (Å²) in [5.74, 6) is -0.992. The Labute approximate surface area is 124 Å². The van der Waals surface area contributed by atoms with E-state index >= 15 is 0 Å². The number of aliphatic carboxylic acids is 1. The number of carbonyl (C=O) groups is 2. The number of likely N-dealkylation sites (tertiary alicyclic amines) is 1. The number of carboxylic acid groups (broad SMARTS) is 1. The summed E-state index contributed by atoms with van der Waals surface area (Å²) in [7, 11) is 0. The lowest BCUT2D eigenvalue weighted by Gasteiger charge is -2.45. The summed E-state index contributed by atoms with van der Waals surface area (Å²) in [5.41, 5.74) is 0.205. The summed E-state index contributed by atoms with van der Waals surface area (Å²) in [6, 6.07) is 0. The van der Waals surface area contributed by atoms with Crippen molar-refractivity contribution in [3.8, 4) is 0 Å². The molecule has 1 amide bonds. The van der Waals surface area contributed by atoms with Crippen molar-refractivity contribution in [1.29, 1.82) is 0 Å². The van der Waals surface area contributed by atoms with Gasteiger partial charge in [0.1, 0.15) is 6.10 Å². The van der Waals surface area contributed by atoms with Crippen LogP contribution in [0.2, 0.25) is 0 Å². The van der Waals surface area contributed by atoms with E-state index in [9.17, 15) is 9.59 Å². The van der Waals surface area contributed by atoms with Gasteiger partial charge in [0, 0.05) is 26.3 Å². The predicted molar refractivity (Wildman–Crippen MR) is 73.8 cm³/mol. The molecule has 118 valence electrons. The zero-order valence-electron chi connectivity index (χ0n) is 12.3. The maximum absolute atomic E-state index is 12.6. The molecule has 0 radical (unpaired) electrons. The fraction of sp³-hybridized carbons (Fsp3) is 0.867. The van der Waals surface area contributed by atoms with Crippen LogP contribution in [-0.4, -0.2) is 60.4 Å². The van der Waals surface area contributed by atoms with Gasteiger partial charge in [0.15, 0.2) is 6.10 Å². The molecule has 3 fully saturated rings. The first kappa shape index (κ1) is 14.8. The Morgan fingerprint density at radius 2 is 1.81 bits per heavy atom. The summed E-state index contributed by atoms with van der Waals surface area (Å²) in [4.78, 5) is 25.4. The maximum atomic E-state index is 12.6. The molecular formula is C15H23NO5. The summed E-state index contributed by atoms with van der Waals surface area (Å²) in [6.07, 6.45) is 3.76. The number of piperidine rings is 1. The number of amides is 1. The van der Waals surface area contributed by atoms with E-state index in [1.165, 1.54) is 0 Å². The molecule has 3 saturated heterocycles. The van der Waals surface area contributed by atoms with E-state index in [2.05, 4.69) is 0 Å². The molecule has 3 aliphatic rings. The first-order valence-corrected chi connectivity index (χ1v) is 7.84. The Morgan fingerprint density at radius 1 is 1.10 bits per heavy atom. The van der Waals surface area contributed by atoms with Crippen molar-refractivity contribution < 1.29 is 24.2 Å². The van der Waals surface area contributed by atoms with Crippen LogP contribution in [-0.2, 0) is 19.1 Å². The van der Waals surface area contributed by atoms with Gasteiger partial charge in [-0.05, 0) is 43.9 Å². The molecule has 2 atom stereocenters. The molecule has 0 unspecified atom stereocenters. The summed E-state index contributed by atoms with van der Waals surface area (Å²) in [6.45, 7) is 3.10. The molecule has 1 N–H and O–H groups in total. The van der Waals surface area contributed by atoms with Crippen molar-refractivity contribution in [2.75, 3.05) is 26.3 Å². The van der Waals surface area contributed by atoms with Gasteiger partial charge in [0.25, 0.3) is 5.91 Å². The Hall–Kier alpha value is -1.14. The normalized spacial score (nSPS) is 32.3. The Bertz CT molecular complexity index is 413. The average Bonchev–Trinajstić information content (AvgIpc) is 2.97. The van der Waals surface area contributed by atoms with E-state index in [0.29, 0.717) is 12.8 Å². The lowest BCUT2D eigenvalue weighted by molar-refractivity contribution is -0.157. The molecule has 3 rings (SSSR count). The molecule has 3 heterocycles. The third-order valence-corrected chi connectivity index (χ3v) is 5.10. The van der Waals surface area contributed by atoms with Crippen LogP contribution in [0.5, 0.6) is 0 Å². The summed E-state index contributed by atoms with van der Waals surface area (Å²) in [5, 5.41) is 8.96. The van der Waals surface area contributed by atoms with Crippen molar-refractivity contribution in [3.63, 3.8) is 0 Å². The van der Waals surface area contributed by atoms with E-state index in [1.54, 1.807) is 0 Å². The van der Waals surface area contributed by atoms with Crippen LogP contribution in [0, 0.1) is 5.41 Å². The minimum atomic E-state index is -0.968. The van der Waals surface area contributed by atoms with Crippen molar-refractivity contribution in [2.45, 2.75) is 50.7 Å². The number of carboxylic acids is 1. The first-order chi connectivity index (χ1) is 10.1. The molecule has 3 aliphatic heterocycles. The zero-order valence-corrected chi connectivity index (χ0v) is 12.3. The van der Waals surface area contributed by atoms with Crippen LogP contribution in [0.3, 0.4) is 0 Å². The molecule has 0 aromatic heterocycles. The molecule has 0 saturated carbocycles. The van der Waals surface area contributed by atoms with Gasteiger partial charge < -0.3 is 19.5 Å². The summed E-state index contributed by atoms with van der Waals surface area (Å²) >= 11 is 0. The molecule has 1 spiro atoms. The van der Waals surface area contributed by atoms with Crippen molar-refractivity contribution in [2.24, 2.45) is 5.41 Å². The second-order valence-corrected chi connectivity index (χ2v) is 6.50. The Morgan fingerprint density at radius 3 is 2.48 bits per heavy atom. The average molecular weight is 297 g/mol. The summed E-state index contributed by atoms with van der Waals surface area (Å²) < 4.78 is 10.8. The molecular weight excluding hydrogens is 274 g/mol. The Kier molecular flexibility index (Phi) is 4.17. The lowest BCUT2D eigenvalue weighted by atomic mass is 9.74. The quantitative estimate of drug-likeness (QED) is 0.824. The maximum Gasteiger partial charge on any atom is 0.332 e. The monoisotopic (exact) mass is 297 g/mol. The number of rotatable bonds is 2. The van der Waals surface area contributed by atoms with E-state index in [4.69, 9.17) is 14.6 Å². The second kappa shape index (κ2) is 5.93. The number of hydrogen-bond acceptors (Lipinski definition) is 4. The lowest BCUT2D eigenvalue weighted by Crippen LogP contribution is -2.51. The van der Waals surface area contributed by atoms with E-state index < -0.39 is 18.2 Å². The van der Waals surface area contributed by atoms with Crippen molar-refractivity contribution in [1.82, 2.24) is 4.90 Å². The number of ether oxygens (including phenoxy) is 2. The van der Waals surface area contributed by atoms with Crippen LogP contribution < -0.4 is 0 Å². The van der Waals surface area contributed by atoms with Gasteiger partial charge in [-0.1, -0.05) is 0 Å². The molecule has 0 aromatic rings. The number of carbonyl (C=O) groups excluding carboxylic acids is 1. The smallest absolute Gasteiger partial charge is 0.332 e. The second-order valence-electron chi connectivity index (χ2n) is 6.50. The minimum absolute atomic E-state index is 0.0238. The predicted octanol–water partition coefficient (Wildman–Crippen LogP) is 1.04. The largest absolute Gasteiger partial charge is 0.479 e. The molecule has 21 heavy (non-hydrogen) atoms. The standard InChI is InChI=1S/C15H23NO5/c17-13(11-2-3-12(21-11)14(18)19)16-7-1-4-15(10-16)5-8-20-9-6-15/h11-12H,1-10H2,(H,18,19)/t11-,12+/m0/s1. The van der Waals surface area contributed by atoms with Crippen LogP contribution >= 0.6 is 0 Å². The topological polar surface area (TPSA) is 76.1 Å². The zero-order chi connectivity index (χ0) is 14.9. The third kappa shape index (κ3) is 3.06. The SMILES string of the molecule is O=C(O)[C@H]1CC[C@@H](C(=O)N2CCCC3(CCOCC3)C2)O1. The number of hydrogen-bond donors (Lipinski definition) is 1. The van der Waals surface area contributed by atoms with Gasteiger partial charge in [0.2, 0.25) is 0 Å². The highest BCUT2D eigenvalue weighted by Crippen LogP contribution is 2.39. The van der Waals surface area contributed by atoms with Gasteiger partial charge >= 0.3 is 5.97 Å². The van der Waals surface area contributed by atoms with E-state index in [1.807, 2.05) is 4.90 Å². The highest BCUT2D eigenvalue weighted by molar-refractivity contribution is 5.82. The molecule has 6 nitrogen and oxygen atoms in total. The fourth-order valence-electron chi connectivity index (χ4n) is 3.81. The van der Waals surface area contributed by atoms with Gasteiger partial charge in [-0.15, -0.1) is 0 Å². The van der Waals surface area contributed by atoms with Gasteiger partial charge in [-0.25, -0.2) is 4.79 Å². The van der Waals surface area contributed by atoms with Gasteiger partial charge in [-0.3, -0.25) is 4.79 Å². The van der Waals surface area contributed by atoms with Gasteiger partial charge in [0.05, 0.1) is 0 Å². The molecule has 0 aromatic carbocycles. The van der Waals surface area contributed by atoms with Crippen LogP contribution in [0.1, 0.15) is 38.5 Å². The highest BCUT2D eigenvalue weighted by atomic mass is 16.5. The van der Waals surface area contributed by atoms with Crippen LogP contribution in [0.4, 0.5) is 0 Å². The third-order valence-electron chi connectivity index (χ3n) is 5.10. The van der Waals surface area contributed by atoms with Crippen molar-refractivity contribution in [3.05, 3.63) is 0 Å². The van der Waals surface area contributed by atoms with Crippen LogP contribution in [0.25, 0.3) is 0 Å². The fourth-order valence-corrected chi connectivity index (χ4v) is 3.81. The molecule has 6 heteroatoms. The van der Waals surface area contributed by atoms with Gasteiger partial charge in [-0.2, -0.15) is 0 Å². The first-order valence-electron chi connectivity index (χ1n) is 7.84. The molecule has 0 aliphatic carbocycles. The Balaban J connectivity index is 1.61. The van der Waals surface area contributed by atoms with E-state index in [0.717, 1.165) is 52.0 Å². The number of nitrogens with zero attached hydrogens (tertiary/aromatic N) is 1. The highest BCUT2D eigenvalue weighted by Gasteiger charge is 2.42. The molecule has 0 bridgehead atoms.